The number of anilines is 1. The molecule has 37 heavy (non-hydrogen) atoms. The van der Waals surface area contributed by atoms with Gasteiger partial charge in [-0.3, -0.25) is 4.90 Å². The van der Waals surface area contributed by atoms with Gasteiger partial charge in [0.05, 0.1) is 12.6 Å². The molecule has 0 aliphatic carbocycles. The fourth-order valence-corrected chi connectivity index (χ4v) is 5.21. The Labute approximate surface area is 227 Å². The van der Waals surface area contributed by atoms with Crippen molar-refractivity contribution in [2.24, 2.45) is 5.73 Å². The summed E-state index contributed by atoms with van der Waals surface area (Å²) < 4.78 is 5.89. The Balaban J connectivity index is 1.11. The van der Waals surface area contributed by atoms with Gasteiger partial charge in [0.15, 0.2) is 5.11 Å². The van der Waals surface area contributed by atoms with E-state index in [0.717, 1.165) is 50.6 Å². The molecule has 196 valence electrons. The van der Waals surface area contributed by atoms with Crippen LogP contribution in [0.4, 0.5) is 5.69 Å². The van der Waals surface area contributed by atoms with Gasteiger partial charge in [-0.1, -0.05) is 86.0 Å². The van der Waals surface area contributed by atoms with Gasteiger partial charge in [-0.2, -0.15) is 0 Å². The van der Waals surface area contributed by atoms with Crippen molar-refractivity contribution in [1.82, 2.24) is 9.80 Å². The highest BCUT2D eigenvalue weighted by Crippen LogP contribution is 2.29. The van der Waals surface area contributed by atoms with Crippen molar-refractivity contribution in [2.45, 2.75) is 38.1 Å². The van der Waals surface area contributed by atoms with Crippen molar-refractivity contribution >= 4 is 23.0 Å². The third-order valence-electron chi connectivity index (χ3n) is 6.99. The number of hydrogen-bond acceptors (Lipinski definition) is 4. The van der Waals surface area contributed by atoms with E-state index in [1.807, 2.05) is 24.3 Å². The molecule has 0 aromatic heterocycles. The second-order valence-electron chi connectivity index (χ2n) is 9.73. The largest absolute Gasteiger partial charge is 0.494 e. The van der Waals surface area contributed by atoms with Gasteiger partial charge >= 0.3 is 0 Å². The van der Waals surface area contributed by atoms with Crippen LogP contribution in [0.1, 0.15) is 49.3 Å². The summed E-state index contributed by atoms with van der Waals surface area (Å²) in [5.74, 6) is 0.849. The Bertz CT molecular complexity index is 1030. The molecule has 1 aliphatic heterocycles. The highest BCUT2D eigenvalue weighted by Gasteiger charge is 2.26. The number of thiocarbonyl (C=S) groups is 1. The van der Waals surface area contributed by atoms with Crippen LogP contribution in [0.2, 0.25) is 0 Å². The molecule has 6 heteroatoms. The van der Waals surface area contributed by atoms with Crippen molar-refractivity contribution in [3.8, 4) is 5.75 Å². The van der Waals surface area contributed by atoms with Crippen molar-refractivity contribution in [1.29, 1.82) is 0 Å². The third kappa shape index (κ3) is 8.85. The van der Waals surface area contributed by atoms with Gasteiger partial charge in [0, 0.05) is 37.9 Å². The first-order valence-corrected chi connectivity index (χ1v) is 14.0. The normalized spacial score (nSPS) is 14.5. The lowest BCUT2D eigenvalue weighted by atomic mass is 9.96. The Morgan fingerprint density at radius 3 is 2.05 bits per heavy atom. The lowest BCUT2D eigenvalue weighted by Crippen LogP contribution is -2.48. The highest BCUT2D eigenvalue weighted by atomic mass is 32.1. The summed E-state index contributed by atoms with van der Waals surface area (Å²) in [6.45, 7) is 6.45. The average Bonchev–Trinajstić information content (AvgIpc) is 2.92. The maximum Gasteiger partial charge on any atom is 0.168 e. The fourth-order valence-electron chi connectivity index (χ4n) is 5.09. The van der Waals surface area contributed by atoms with Gasteiger partial charge in [-0.15, -0.1) is 0 Å². The van der Waals surface area contributed by atoms with E-state index in [0.29, 0.717) is 6.04 Å². The number of piperazine rings is 1. The molecular formula is C31H40N4OS. The lowest BCUT2D eigenvalue weighted by molar-refractivity contribution is 0.108. The second-order valence-corrected chi connectivity index (χ2v) is 10.2. The Morgan fingerprint density at radius 2 is 1.41 bits per heavy atom. The monoisotopic (exact) mass is 516 g/mol. The molecule has 1 fully saturated rings. The molecule has 3 N–H and O–H groups in total. The zero-order chi connectivity index (χ0) is 25.7. The third-order valence-corrected chi connectivity index (χ3v) is 7.09. The molecule has 0 atom stereocenters. The van der Waals surface area contributed by atoms with Crippen LogP contribution in [0.3, 0.4) is 0 Å². The number of ether oxygens (including phenoxy) is 1. The van der Waals surface area contributed by atoms with Crippen LogP contribution in [0.25, 0.3) is 0 Å². The van der Waals surface area contributed by atoms with Gasteiger partial charge in [-0.25, -0.2) is 0 Å². The minimum absolute atomic E-state index is 0.266. The summed E-state index contributed by atoms with van der Waals surface area (Å²) in [5.41, 5.74) is 9.17. The first-order valence-electron chi connectivity index (χ1n) is 13.5. The van der Waals surface area contributed by atoms with Crippen LogP contribution in [0, 0.1) is 0 Å². The first-order chi connectivity index (χ1) is 18.2. The van der Waals surface area contributed by atoms with Crippen molar-refractivity contribution in [3.05, 3.63) is 96.1 Å². The number of unbranched alkanes of at least 4 members (excludes halogenated alkanes) is 4. The van der Waals surface area contributed by atoms with Gasteiger partial charge in [0.2, 0.25) is 0 Å². The zero-order valence-corrected chi connectivity index (χ0v) is 22.5. The van der Waals surface area contributed by atoms with Crippen LogP contribution in [-0.2, 0) is 0 Å². The molecule has 0 saturated carbocycles. The summed E-state index contributed by atoms with van der Waals surface area (Å²) in [6, 6.07) is 30.0. The number of rotatable bonds is 13. The van der Waals surface area contributed by atoms with Crippen molar-refractivity contribution in [2.75, 3.05) is 44.6 Å². The molecule has 4 rings (SSSR count). The maximum absolute atomic E-state index is 5.89. The Hall–Kier alpha value is -2.93. The molecule has 0 spiro atoms. The molecule has 0 amide bonds. The second kappa shape index (κ2) is 14.7. The maximum atomic E-state index is 5.89. The van der Waals surface area contributed by atoms with E-state index >= 15 is 0 Å². The molecule has 1 saturated heterocycles. The van der Waals surface area contributed by atoms with Crippen LogP contribution >= 0.6 is 12.2 Å². The van der Waals surface area contributed by atoms with Crippen LogP contribution < -0.4 is 15.8 Å². The molecule has 5 nitrogen and oxygen atoms in total. The lowest BCUT2D eigenvalue weighted by Gasteiger charge is -2.39. The average molecular weight is 517 g/mol. The van der Waals surface area contributed by atoms with Gasteiger partial charge in [0.1, 0.15) is 5.75 Å². The van der Waals surface area contributed by atoms with Gasteiger partial charge in [-0.05, 0) is 54.9 Å². The molecule has 3 aromatic carbocycles. The summed E-state index contributed by atoms with van der Waals surface area (Å²) >= 11 is 4.89. The summed E-state index contributed by atoms with van der Waals surface area (Å²) in [6.07, 6.45) is 6.09. The molecular weight excluding hydrogens is 476 g/mol. The number of benzene rings is 3. The quantitative estimate of drug-likeness (QED) is 0.212. The van der Waals surface area contributed by atoms with E-state index in [2.05, 4.69) is 75.8 Å². The summed E-state index contributed by atoms with van der Waals surface area (Å²) in [5, 5.41) is 3.21. The topological polar surface area (TPSA) is 53.8 Å². The minimum atomic E-state index is 0.266. The van der Waals surface area contributed by atoms with Crippen LogP contribution in [0.15, 0.2) is 84.9 Å². The SMILES string of the molecule is NC(=S)Nc1cccc(OCCCCCCCN2CCN(C(c3ccccc3)c3ccccc3)CC2)c1. The van der Waals surface area contributed by atoms with E-state index in [-0.39, 0.29) is 5.11 Å². The predicted molar refractivity (Wildman–Crippen MR) is 158 cm³/mol. The van der Waals surface area contributed by atoms with Crippen molar-refractivity contribution in [3.63, 3.8) is 0 Å². The number of nitrogens with one attached hydrogen (secondary N) is 1. The molecule has 0 radical (unpaired) electrons. The van der Waals surface area contributed by atoms with E-state index < -0.39 is 0 Å². The van der Waals surface area contributed by atoms with E-state index in [9.17, 15) is 0 Å². The minimum Gasteiger partial charge on any atom is -0.494 e. The number of nitrogens with two attached hydrogens (primary N) is 1. The number of hydrogen-bond donors (Lipinski definition) is 2. The zero-order valence-electron chi connectivity index (χ0n) is 21.7. The first kappa shape index (κ1) is 27.1. The molecule has 1 heterocycles. The molecule has 1 aliphatic rings. The smallest absolute Gasteiger partial charge is 0.168 e. The Kier molecular flexibility index (Phi) is 10.8. The highest BCUT2D eigenvalue weighted by molar-refractivity contribution is 7.80. The fraction of sp³-hybridized carbons (Fsp3) is 0.387. The molecule has 0 unspecified atom stereocenters. The molecule has 3 aromatic rings. The van der Waals surface area contributed by atoms with Gasteiger partial charge < -0.3 is 20.7 Å². The number of nitrogens with zero attached hydrogens (tertiary/aromatic N) is 2. The Morgan fingerprint density at radius 1 is 0.784 bits per heavy atom. The van der Waals surface area contributed by atoms with E-state index in [1.165, 1.54) is 43.4 Å². The van der Waals surface area contributed by atoms with Gasteiger partial charge in [0.25, 0.3) is 0 Å². The summed E-state index contributed by atoms with van der Waals surface area (Å²) in [7, 11) is 0. The van der Waals surface area contributed by atoms with E-state index in [4.69, 9.17) is 22.7 Å². The van der Waals surface area contributed by atoms with E-state index in [1.54, 1.807) is 0 Å². The predicted octanol–water partition coefficient (Wildman–Crippen LogP) is 6.08. The standard InChI is InChI=1S/C31H40N4OS/c32-31(37)33-28-17-12-18-29(25-28)36-24-11-3-1-2-10-19-34-20-22-35(23-21-34)30(26-13-6-4-7-14-26)27-15-8-5-9-16-27/h4-9,12-18,25,30H,1-3,10-11,19-24H2,(H3,32,33,37). The molecule has 0 bridgehead atoms. The summed E-state index contributed by atoms with van der Waals surface area (Å²) in [4.78, 5) is 5.29. The van der Waals surface area contributed by atoms with Crippen LogP contribution in [0.5, 0.6) is 5.75 Å². The van der Waals surface area contributed by atoms with Crippen LogP contribution in [-0.4, -0.2) is 54.2 Å². The van der Waals surface area contributed by atoms with Crippen molar-refractivity contribution < 1.29 is 4.74 Å².